The first-order chi connectivity index (χ1) is 8.66. The van der Waals surface area contributed by atoms with Crippen LogP contribution in [0.25, 0.3) is 0 Å². The lowest BCUT2D eigenvalue weighted by atomic mass is 9.86. The van der Waals surface area contributed by atoms with E-state index in [1.54, 1.807) is 6.20 Å². The van der Waals surface area contributed by atoms with E-state index < -0.39 is 0 Å². The summed E-state index contributed by atoms with van der Waals surface area (Å²) < 4.78 is 0. The molecule has 98 valence electrons. The number of nitrogens with two attached hydrogens (primary N) is 1. The first-order valence-corrected chi connectivity index (χ1v) is 6.59. The minimum Gasteiger partial charge on any atom is -0.352 e. The maximum atomic E-state index is 12.0. The van der Waals surface area contributed by atoms with Crippen LogP contribution >= 0.6 is 0 Å². The average molecular weight is 247 g/mol. The van der Waals surface area contributed by atoms with Crippen molar-refractivity contribution in [2.45, 2.75) is 45.2 Å². The molecule has 0 unspecified atom stereocenters. The molecule has 0 aromatic carbocycles. The van der Waals surface area contributed by atoms with Crippen LogP contribution in [0.15, 0.2) is 18.5 Å². The molecule has 0 spiro atoms. The molecule has 1 aromatic rings. The van der Waals surface area contributed by atoms with Gasteiger partial charge in [-0.25, -0.2) is 0 Å². The van der Waals surface area contributed by atoms with E-state index in [0.717, 1.165) is 36.8 Å². The minimum atomic E-state index is 0.141. The Balaban J connectivity index is 1.83. The van der Waals surface area contributed by atoms with E-state index in [2.05, 4.69) is 10.3 Å². The van der Waals surface area contributed by atoms with Crippen molar-refractivity contribution in [3.05, 3.63) is 29.6 Å². The van der Waals surface area contributed by atoms with E-state index in [-0.39, 0.29) is 17.9 Å². The van der Waals surface area contributed by atoms with Crippen molar-refractivity contribution in [1.82, 2.24) is 10.3 Å². The Labute approximate surface area is 108 Å². The number of rotatable bonds is 3. The quantitative estimate of drug-likeness (QED) is 0.851. The van der Waals surface area contributed by atoms with Gasteiger partial charge in [-0.15, -0.1) is 0 Å². The normalized spacial score (nSPS) is 23.7. The molecule has 0 bridgehead atoms. The average Bonchev–Trinajstić information content (AvgIpc) is 2.38. The van der Waals surface area contributed by atoms with Gasteiger partial charge in [-0.05, 0) is 49.8 Å². The summed E-state index contributed by atoms with van der Waals surface area (Å²) in [6, 6.07) is 2.25. The van der Waals surface area contributed by atoms with Gasteiger partial charge in [-0.3, -0.25) is 9.78 Å². The number of aromatic nitrogens is 1. The van der Waals surface area contributed by atoms with Crippen molar-refractivity contribution < 1.29 is 4.79 Å². The summed E-state index contributed by atoms with van der Waals surface area (Å²) in [7, 11) is 0. The smallest absolute Gasteiger partial charge is 0.223 e. The molecule has 1 aromatic heterocycles. The zero-order chi connectivity index (χ0) is 13.0. The van der Waals surface area contributed by atoms with Gasteiger partial charge >= 0.3 is 0 Å². The van der Waals surface area contributed by atoms with Crippen LogP contribution in [0.2, 0.25) is 0 Å². The molecule has 1 amide bonds. The second-order valence-electron chi connectivity index (χ2n) is 5.13. The van der Waals surface area contributed by atoms with Crippen LogP contribution in [0.4, 0.5) is 0 Å². The number of nitrogens with one attached hydrogen (secondary N) is 1. The van der Waals surface area contributed by atoms with Gasteiger partial charge in [0.25, 0.3) is 0 Å². The largest absolute Gasteiger partial charge is 0.352 e. The van der Waals surface area contributed by atoms with E-state index in [0.29, 0.717) is 6.54 Å². The second kappa shape index (κ2) is 5.96. The lowest BCUT2D eigenvalue weighted by Gasteiger charge is -2.25. The van der Waals surface area contributed by atoms with Crippen molar-refractivity contribution in [1.29, 1.82) is 0 Å². The molecule has 18 heavy (non-hydrogen) atoms. The third-order valence-corrected chi connectivity index (χ3v) is 3.74. The Morgan fingerprint density at radius 3 is 2.83 bits per heavy atom. The zero-order valence-corrected chi connectivity index (χ0v) is 10.9. The van der Waals surface area contributed by atoms with Crippen molar-refractivity contribution in [2.24, 2.45) is 11.7 Å². The number of hydrogen-bond acceptors (Lipinski definition) is 3. The monoisotopic (exact) mass is 247 g/mol. The highest BCUT2D eigenvalue weighted by Crippen LogP contribution is 2.23. The van der Waals surface area contributed by atoms with Gasteiger partial charge in [0.05, 0.1) is 0 Å². The molecule has 1 aliphatic rings. The van der Waals surface area contributed by atoms with Crippen LogP contribution in [-0.4, -0.2) is 16.9 Å². The van der Waals surface area contributed by atoms with Crippen LogP contribution in [0, 0.1) is 12.8 Å². The number of carbonyl (C=O) groups excluding carboxylic acids is 1. The fourth-order valence-corrected chi connectivity index (χ4v) is 2.39. The predicted molar refractivity (Wildman–Crippen MR) is 70.8 cm³/mol. The molecule has 1 heterocycles. The summed E-state index contributed by atoms with van der Waals surface area (Å²) in [4.78, 5) is 16.1. The van der Waals surface area contributed by atoms with E-state index in [9.17, 15) is 4.79 Å². The van der Waals surface area contributed by atoms with Gasteiger partial charge in [0, 0.05) is 30.9 Å². The molecule has 4 nitrogen and oxygen atoms in total. The molecule has 0 radical (unpaired) electrons. The summed E-state index contributed by atoms with van der Waals surface area (Å²) in [6.07, 6.45) is 7.33. The number of amides is 1. The minimum absolute atomic E-state index is 0.141. The Morgan fingerprint density at radius 1 is 1.44 bits per heavy atom. The first kappa shape index (κ1) is 13.0. The van der Waals surface area contributed by atoms with Gasteiger partial charge in [0.15, 0.2) is 0 Å². The topological polar surface area (TPSA) is 68.0 Å². The third kappa shape index (κ3) is 3.29. The van der Waals surface area contributed by atoms with Gasteiger partial charge in [0.1, 0.15) is 0 Å². The standard InChI is InChI=1S/C14H21N3O/c1-10-6-7-16-8-12(10)9-17-14(18)11-2-4-13(15)5-3-11/h6-8,11,13H,2-5,9,15H2,1H3,(H,17,18). The van der Waals surface area contributed by atoms with Crippen LogP contribution in [0.5, 0.6) is 0 Å². The highest BCUT2D eigenvalue weighted by atomic mass is 16.1. The summed E-state index contributed by atoms with van der Waals surface area (Å²) >= 11 is 0. The van der Waals surface area contributed by atoms with Crippen molar-refractivity contribution >= 4 is 5.91 Å². The van der Waals surface area contributed by atoms with E-state index in [1.807, 2.05) is 19.2 Å². The molecular weight excluding hydrogens is 226 g/mol. The van der Waals surface area contributed by atoms with Crippen molar-refractivity contribution in [3.63, 3.8) is 0 Å². The summed E-state index contributed by atoms with van der Waals surface area (Å²) in [6.45, 7) is 2.60. The van der Waals surface area contributed by atoms with Gasteiger partial charge in [0.2, 0.25) is 5.91 Å². The summed E-state index contributed by atoms with van der Waals surface area (Å²) in [5, 5.41) is 3.00. The number of nitrogens with zero attached hydrogens (tertiary/aromatic N) is 1. The Morgan fingerprint density at radius 2 is 2.17 bits per heavy atom. The number of carbonyl (C=O) groups is 1. The molecule has 0 aliphatic heterocycles. The third-order valence-electron chi connectivity index (χ3n) is 3.74. The molecular formula is C14H21N3O. The zero-order valence-electron chi connectivity index (χ0n) is 10.9. The lowest BCUT2D eigenvalue weighted by molar-refractivity contribution is -0.126. The van der Waals surface area contributed by atoms with Crippen LogP contribution in [0.1, 0.15) is 36.8 Å². The van der Waals surface area contributed by atoms with Crippen molar-refractivity contribution in [3.8, 4) is 0 Å². The molecule has 0 saturated heterocycles. The maximum Gasteiger partial charge on any atom is 0.223 e. The molecule has 1 fully saturated rings. The van der Waals surface area contributed by atoms with Crippen molar-refractivity contribution in [2.75, 3.05) is 0 Å². The van der Waals surface area contributed by atoms with Gasteiger partial charge < -0.3 is 11.1 Å². The van der Waals surface area contributed by atoms with Crippen LogP contribution in [0.3, 0.4) is 0 Å². The molecule has 0 atom stereocenters. The molecule has 1 saturated carbocycles. The van der Waals surface area contributed by atoms with Crippen LogP contribution in [-0.2, 0) is 11.3 Å². The Bertz CT molecular complexity index is 411. The van der Waals surface area contributed by atoms with E-state index >= 15 is 0 Å². The fraction of sp³-hybridized carbons (Fsp3) is 0.571. The van der Waals surface area contributed by atoms with E-state index in [4.69, 9.17) is 5.73 Å². The second-order valence-corrected chi connectivity index (χ2v) is 5.13. The first-order valence-electron chi connectivity index (χ1n) is 6.59. The summed E-state index contributed by atoms with van der Waals surface area (Å²) in [5.41, 5.74) is 8.09. The molecule has 3 N–H and O–H groups in total. The number of aryl methyl sites for hydroxylation is 1. The predicted octanol–water partition coefficient (Wildman–Crippen LogP) is 1.52. The van der Waals surface area contributed by atoms with Crippen LogP contribution < -0.4 is 11.1 Å². The lowest BCUT2D eigenvalue weighted by Crippen LogP contribution is -2.36. The number of hydrogen-bond donors (Lipinski definition) is 2. The van der Waals surface area contributed by atoms with Gasteiger partial charge in [-0.1, -0.05) is 0 Å². The highest BCUT2D eigenvalue weighted by Gasteiger charge is 2.24. The summed E-state index contributed by atoms with van der Waals surface area (Å²) in [5.74, 6) is 0.298. The Hall–Kier alpha value is -1.42. The Kier molecular flexibility index (Phi) is 4.31. The number of pyridine rings is 1. The van der Waals surface area contributed by atoms with Gasteiger partial charge in [-0.2, -0.15) is 0 Å². The molecule has 1 aliphatic carbocycles. The maximum absolute atomic E-state index is 12.0. The SMILES string of the molecule is Cc1ccncc1CNC(=O)C1CCC(N)CC1. The fourth-order valence-electron chi connectivity index (χ4n) is 2.39. The molecule has 4 heteroatoms. The highest BCUT2D eigenvalue weighted by molar-refractivity contribution is 5.78. The molecule has 2 rings (SSSR count). The van der Waals surface area contributed by atoms with E-state index in [1.165, 1.54) is 0 Å².